The number of furan rings is 1. The van der Waals surface area contributed by atoms with Gasteiger partial charge < -0.3 is 10.2 Å². The Bertz CT molecular complexity index is 554. The molecule has 1 amide bonds. The maximum Gasteiger partial charge on any atom is 0.239 e. The van der Waals surface area contributed by atoms with Crippen LogP contribution in [0, 0.1) is 0 Å². The van der Waals surface area contributed by atoms with Gasteiger partial charge in [-0.2, -0.15) is 0 Å². The van der Waals surface area contributed by atoms with Crippen LogP contribution in [0.1, 0.15) is 30.3 Å². The molecule has 0 aliphatic rings. The van der Waals surface area contributed by atoms with Gasteiger partial charge in [0.25, 0.3) is 0 Å². The lowest BCUT2D eigenvalue weighted by molar-refractivity contribution is -0.120. The number of carbonyl (C=O) groups excluding carboxylic acids is 1. The minimum Gasteiger partial charge on any atom is -0.468 e. The molecule has 0 aliphatic heterocycles. The van der Waals surface area contributed by atoms with Crippen molar-refractivity contribution >= 4 is 21.8 Å². The van der Waals surface area contributed by atoms with Gasteiger partial charge in [-0.1, -0.05) is 28.1 Å². The van der Waals surface area contributed by atoms with Crippen molar-refractivity contribution in [3.05, 3.63) is 58.5 Å². The van der Waals surface area contributed by atoms with Crippen LogP contribution in [0.25, 0.3) is 0 Å². The van der Waals surface area contributed by atoms with Gasteiger partial charge in [0.2, 0.25) is 5.91 Å². The maximum atomic E-state index is 11.6. The van der Waals surface area contributed by atoms with Crippen molar-refractivity contribution in [1.82, 2.24) is 5.32 Å². The highest BCUT2D eigenvalue weighted by Crippen LogP contribution is 2.22. The zero-order valence-corrected chi connectivity index (χ0v) is 12.1. The van der Waals surface area contributed by atoms with E-state index in [0.29, 0.717) is 0 Å². The standard InChI is InChI=1S/C14H15BrN2O2/c1-9(12-6-3-7-19-12)17-13(14(16)18)10-4-2-5-11(15)8-10/h2-9,13,17H,1H3,(H2,16,18)/t9-,13-/m0/s1. The highest BCUT2D eigenvalue weighted by molar-refractivity contribution is 9.10. The van der Waals surface area contributed by atoms with E-state index in [1.165, 1.54) is 0 Å². The Hall–Kier alpha value is -1.59. The average Bonchev–Trinajstić information content (AvgIpc) is 2.89. The van der Waals surface area contributed by atoms with Gasteiger partial charge in [0.15, 0.2) is 0 Å². The third-order valence-electron chi connectivity index (χ3n) is 2.85. The van der Waals surface area contributed by atoms with Crippen LogP contribution in [0.15, 0.2) is 51.6 Å². The first-order valence-corrected chi connectivity index (χ1v) is 6.71. The predicted molar refractivity (Wildman–Crippen MR) is 76.3 cm³/mol. The Labute approximate surface area is 120 Å². The van der Waals surface area contributed by atoms with Gasteiger partial charge in [-0.15, -0.1) is 0 Å². The third kappa shape index (κ3) is 3.45. The van der Waals surface area contributed by atoms with Gasteiger partial charge in [-0.3, -0.25) is 10.1 Å². The number of halogens is 1. The van der Waals surface area contributed by atoms with Gasteiger partial charge in [-0.25, -0.2) is 0 Å². The first-order chi connectivity index (χ1) is 9.08. The molecule has 19 heavy (non-hydrogen) atoms. The van der Waals surface area contributed by atoms with E-state index >= 15 is 0 Å². The molecule has 1 heterocycles. The first-order valence-electron chi connectivity index (χ1n) is 5.92. The van der Waals surface area contributed by atoms with Crippen molar-refractivity contribution in [1.29, 1.82) is 0 Å². The lowest BCUT2D eigenvalue weighted by Crippen LogP contribution is -2.35. The topological polar surface area (TPSA) is 68.3 Å². The molecule has 0 aliphatic carbocycles. The van der Waals surface area contributed by atoms with Crippen LogP contribution in [-0.4, -0.2) is 5.91 Å². The number of hydrogen-bond acceptors (Lipinski definition) is 3. The number of hydrogen-bond donors (Lipinski definition) is 2. The molecule has 1 aromatic carbocycles. The molecule has 0 saturated carbocycles. The Morgan fingerprint density at radius 3 is 2.74 bits per heavy atom. The van der Waals surface area contributed by atoms with Crippen LogP contribution in [0.2, 0.25) is 0 Å². The van der Waals surface area contributed by atoms with Crippen LogP contribution < -0.4 is 11.1 Å². The summed E-state index contributed by atoms with van der Waals surface area (Å²) in [7, 11) is 0. The van der Waals surface area contributed by atoms with Gasteiger partial charge in [-0.05, 0) is 36.8 Å². The molecule has 2 atom stereocenters. The SMILES string of the molecule is C[C@H](N[C@H](C(N)=O)c1cccc(Br)c1)c1ccco1. The fourth-order valence-electron chi connectivity index (χ4n) is 1.90. The fraction of sp³-hybridized carbons (Fsp3) is 0.214. The number of carbonyl (C=O) groups is 1. The molecule has 5 heteroatoms. The Morgan fingerprint density at radius 2 is 2.16 bits per heavy atom. The summed E-state index contributed by atoms with van der Waals surface area (Å²) >= 11 is 3.39. The number of primary amides is 1. The van der Waals surface area contributed by atoms with Crippen molar-refractivity contribution in [2.24, 2.45) is 5.73 Å². The van der Waals surface area contributed by atoms with E-state index in [9.17, 15) is 4.79 Å². The molecule has 0 bridgehead atoms. The molecule has 100 valence electrons. The molecular formula is C14H15BrN2O2. The molecular weight excluding hydrogens is 308 g/mol. The van der Waals surface area contributed by atoms with Gasteiger partial charge in [0.05, 0.1) is 12.3 Å². The molecule has 0 unspecified atom stereocenters. The van der Waals surface area contributed by atoms with E-state index in [4.69, 9.17) is 10.2 Å². The van der Waals surface area contributed by atoms with E-state index in [-0.39, 0.29) is 6.04 Å². The minimum absolute atomic E-state index is 0.105. The molecule has 0 spiro atoms. The van der Waals surface area contributed by atoms with Crippen molar-refractivity contribution in [2.45, 2.75) is 19.0 Å². The first kappa shape index (κ1) is 13.8. The van der Waals surface area contributed by atoms with Crippen LogP contribution in [0.4, 0.5) is 0 Å². The van der Waals surface area contributed by atoms with Crippen molar-refractivity contribution in [3.8, 4) is 0 Å². The molecule has 4 nitrogen and oxygen atoms in total. The Morgan fingerprint density at radius 1 is 1.37 bits per heavy atom. The highest BCUT2D eigenvalue weighted by Gasteiger charge is 2.21. The summed E-state index contributed by atoms with van der Waals surface area (Å²) in [5.74, 6) is 0.345. The van der Waals surface area contributed by atoms with Gasteiger partial charge in [0, 0.05) is 4.47 Å². The summed E-state index contributed by atoms with van der Waals surface area (Å²) in [6.45, 7) is 1.92. The average molecular weight is 323 g/mol. The number of rotatable bonds is 5. The normalized spacial score (nSPS) is 14.0. The van der Waals surface area contributed by atoms with Crippen LogP contribution in [0.3, 0.4) is 0 Å². The molecule has 1 aromatic heterocycles. The van der Waals surface area contributed by atoms with Crippen molar-refractivity contribution in [2.75, 3.05) is 0 Å². The van der Waals surface area contributed by atoms with E-state index in [0.717, 1.165) is 15.8 Å². The fourth-order valence-corrected chi connectivity index (χ4v) is 2.32. The molecule has 2 aromatic rings. The summed E-state index contributed by atoms with van der Waals surface area (Å²) in [4.78, 5) is 11.6. The maximum absolute atomic E-state index is 11.6. The largest absolute Gasteiger partial charge is 0.468 e. The lowest BCUT2D eigenvalue weighted by atomic mass is 10.1. The molecule has 3 N–H and O–H groups in total. The second-order valence-electron chi connectivity index (χ2n) is 4.29. The lowest BCUT2D eigenvalue weighted by Gasteiger charge is -2.20. The monoisotopic (exact) mass is 322 g/mol. The van der Waals surface area contributed by atoms with Crippen molar-refractivity contribution in [3.63, 3.8) is 0 Å². The van der Waals surface area contributed by atoms with Gasteiger partial charge in [0.1, 0.15) is 11.8 Å². The number of benzene rings is 1. The molecule has 0 saturated heterocycles. The minimum atomic E-state index is -0.558. The summed E-state index contributed by atoms with van der Waals surface area (Å²) in [6, 6.07) is 10.5. The molecule has 0 fully saturated rings. The second kappa shape index (κ2) is 6.04. The number of nitrogens with one attached hydrogen (secondary N) is 1. The number of amides is 1. The second-order valence-corrected chi connectivity index (χ2v) is 5.21. The van der Waals surface area contributed by atoms with E-state index < -0.39 is 11.9 Å². The summed E-state index contributed by atoms with van der Waals surface area (Å²) in [5.41, 5.74) is 6.29. The molecule has 0 radical (unpaired) electrons. The summed E-state index contributed by atoms with van der Waals surface area (Å²) in [6.07, 6.45) is 1.60. The highest BCUT2D eigenvalue weighted by atomic mass is 79.9. The van der Waals surface area contributed by atoms with Crippen LogP contribution in [0.5, 0.6) is 0 Å². The van der Waals surface area contributed by atoms with Crippen molar-refractivity contribution < 1.29 is 9.21 Å². The Balaban J connectivity index is 2.19. The van der Waals surface area contributed by atoms with Crippen LogP contribution in [-0.2, 0) is 4.79 Å². The number of nitrogens with two attached hydrogens (primary N) is 1. The third-order valence-corrected chi connectivity index (χ3v) is 3.35. The zero-order valence-electron chi connectivity index (χ0n) is 10.5. The van der Waals surface area contributed by atoms with E-state index in [1.807, 2.05) is 43.3 Å². The Kier molecular flexibility index (Phi) is 4.39. The van der Waals surface area contributed by atoms with Gasteiger partial charge >= 0.3 is 0 Å². The van der Waals surface area contributed by atoms with E-state index in [2.05, 4.69) is 21.2 Å². The summed E-state index contributed by atoms with van der Waals surface area (Å²) in [5, 5.41) is 3.17. The zero-order chi connectivity index (χ0) is 13.8. The molecule has 2 rings (SSSR count). The van der Waals surface area contributed by atoms with E-state index in [1.54, 1.807) is 6.26 Å². The smallest absolute Gasteiger partial charge is 0.239 e. The summed E-state index contributed by atoms with van der Waals surface area (Å²) < 4.78 is 6.22. The predicted octanol–water partition coefficient (Wildman–Crippen LogP) is 2.92. The quantitative estimate of drug-likeness (QED) is 0.889. The van der Waals surface area contributed by atoms with Crippen LogP contribution >= 0.6 is 15.9 Å².